The lowest BCUT2D eigenvalue weighted by atomic mass is 9.80. The van der Waals surface area contributed by atoms with Crippen molar-refractivity contribution in [3.05, 3.63) is 120 Å². The van der Waals surface area contributed by atoms with Crippen LogP contribution in [0, 0.1) is 0 Å². The van der Waals surface area contributed by atoms with Crippen molar-refractivity contribution < 1.29 is 9.84 Å². The summed E-state index contributed by atoms with van der Waals surface area (Å²) in [5.41, 5.74) is 2.45. The molecule has 0 radical (unpaired) electrons. The molecule has 1 atom stereocenters. The Balaban J connectivity index is 2.13. The van der Waals surface area contributed by atoms with Gasteiger partial charge in [0.15, 0.2) is 0 Å². The minimum absolute atomic E-state index is 0.409. The van der Waals surface area contributed by atoms with Gasteiger partial charge in [0.1, 0.15) is 5.60 Å². The molecule has 2 nitrogen and oxygen atoms in total. The molecule has 0 aliphatic heterocycles. The van der Waals surface area contributed by atoms with Gasteiger partial charge in [-0.05, 0) is 16.7 Å². The van der Waals surface area contributed by atoms with E-state index in [2.05, 4.69) is 43.0 Å². The molecule has 0 amide bonds. The summed E-state index contributed by atoms with van der Waals surface area (Å²) in [5.74, 6) is 0. The van der Waals surface area contributed by atoms with E-state index in [0.717, 1.165) is 16.7 Å². The zero-order valence-corrected chi connectivity index (χ0v) is 14.8. The first-order valence-corrected chi connectivity index (χ1v) is 8.88. The molecule has 3 aromatic carbocycles. The van der Waals surface area contributed by atoms with Gasteiger partial charge in [-0.3, -0.25) is 0 Å². The Morgan fingerprint density at radius 3 is 1.50 bits per heavy atom. The number of aliphatic hydroxyl groups is 1. The molecule has 0 aliphatic carbocycles. The number of rotatable bonds is 8. The molecule has 26 heavy (non-hydrogen) atoms. The predicted octanol–water partition coefficient (Wildman–Crippen LogP) is 4.93. The molecule has 3 rings (SSSR count). The molecule has 0 aliphatic rings. The molecular weight excluding hydrogens is 320 g/mol. The van der Waals surface area contributed by atoms with E-state index in [4.69, 9.17) is 4.74 Å². The number of ether oxygens (including phenoxy) is 1. The quantitative estimate of drug-likeness (QED) is 0.464. The maximum atomic E-state index is 9.87. The van der Waals surface area contributed by atoms with Crippen LogP contribution in [0.15, 0.2) is 104 Å². The lowest BCUT2D eigenvalue weighted by Gasteiger charge is -2.36. The molecule has 0 fully saturated rings. The van der Waals surface area contributed by atoms with E-state index in [0.29, 0.717) is 13.0 Å². The molecule has 0 aromatic heterocycles. The molecule has 3 aromatic rings. The van der Waals surface area contributed by atoms with E-state index >= 15 is 0 Å². The second kappa shape index (κ2) is 8.61. The Bertz CT molecular complexity index is 701. The summed E-state index contributed by atoms with van der Waals surface area (Å²) in [6.45, 7) is 4.05. The van der Waals surface area contributed by atoms with Crippen molar-refractivity contribution in [2.45, 2.75) is 18.1 Å². The molecule has 0 saturated carbocycles. The van der Waals surface area contributed by atoms with Gasteiger partial charge in [0.2, 0.25) is 0 Å². The van der Waals surface area contributed by atoms with E-state index in [9.17, 15) is 5.11 Å². The highest BCUT2D eigenvalue weighted by molar-refractivity contribution is 5.47. The van der Waals surface area contributed by atoms with Crippen LogP contribution in [0.4, 0.5) is 0 Å². The van der Waals surface area contributed by atoms with Crippen molar-refractivity contribution in [3.8, 4) is 0 Å². The van der Waals surface area contributed by atoms with Gasteiger partial charge in [-0.25, -0.2) is 0 Å². The fraction of sp³-hybridized carbons (Fsp3) is 0.167. The lowest BCUT2D eigenvalue weighted by Crippen LogP contribution is -2.33. The van der Waals surface area contributed by atoms with Crippen LogP contribution < -0.4 is 0 Å². The molecule has 1 unspecified atom stereocenters. The maximum absolute atomic E-state index is 9.87. The average Bonchev–Trinajstić information content (AvgIpc) is 2.73. The van der Waals surface area contributed by atoms with Gasteiger partial charge in [0, 0.05) is 6.42 Å². The van der Waals surface area contributed by atoms with Crippen LogP contribution in [0.3, 0.4) is 0 Å². The maximum Gasteiger partial charge on any atom is 0.143 e. The molecule has 1 N–H and O–H groups in total. The Morgan fingerprint density at radius 1 is 0.769 bits per heavy atom. The summed E-state index contributed by atoms with van der Waals surface area (Å²) in [6, 6.07) is 30.7. The predicted molar refractivity (Wildman–Crippen MR) is 106 cm³/mol. The minimum Gasteiger partial charge on any atom is -0.389 e. The van der Waals surface area contributed by atoms with Crippen LogP contribution in [0.1, 0.15) is 23.1 Å². The van der Waals surface area contributed by atoms with Gasteiger partial charge in [-0.15, -0.1) is 6.58 Å². The van der Waals surface area contributed by atoms with Crippen molar-refractivity contribution in [2.75, 3.05) is 6.61 Å². The van der Waals surface area contributed by atoms with Gasteiger partial charge in [0.05, 0.1) is 12.7 Å². The van der Waals surface area contributed by atoms with Crippen LogP contribution in [-0.2, 0) is 10.3 Å². The number of aliphatic hydroxyl groups excluding tert-OH is 1. The standard InChI is InChI=1S/C24H24O2/c1-2-23(25)18-19-26-24(20-12-6-3-7-13-20,21-14-8-4-9-15-21)22-16-10-5-11-17-22/h2-17,23,25H,1,18-19H2. The van der Waals surface area contributed by atoms with Crippen LogP contribution in [0.25, 0.3) is 0 Å². The van der Waals surface area contributed by atoms with Gasteiger partial charge in [0.25, 0.3) is 0 Å². The molecule has 0 heterocycles. The largest absolute Gasteiger partial charge is 0.389 e. The second-order valence-corrected chi connectivity index (χ2v) is 6.22. The fourth-order valence-electron chi connectivity index (χ4n) is 3.22. The average molecular weight is 344 g/mol. The Labute approximate surface area is 155 Å². The number of benzene rings is 3. The van der Waals surface area contributed by atoms with Crippen molar-refractivity contribution in [1.82, 2.24) is 0 Å². The zero-order chi connectivity index (χ0) is 18.2. The summed E-state index contributed by atoms with van der Waals surface area (Å²) in [5, 5.41) is 9.87. The molecule has 0 bridgehead atoms. The fourth-order valence-corrected chi connectivity index (χ4v) is 3.22. The van der Waals surface area contributed by atoms with Crippen LogP contribution in [0.5, 0.6) is 0 Å². The summed E-state index contributed by atoms with van der Waals surface area (Å²) in [6.07, 6.45) is 1.46. The van der Waals surface area contributed by atoms with Crippen LogP contribution in [-0.4, -0.2) is 17.8 Å². The third-order valence-corrected chi connectivity index (χ3v) is 4.55. The Morgan fingerprint density at radius 2 is 1.15 bits per heavy atom. The summed E-state index contributed by atoms with van der Waals surface area (Å²) < 4.78 is 6.55. The van der Waals surface area contributed by atoms with E-state index in [1.807, 2.05) is 54.6 Å². The van der Waals surface area contributed by atoms with Gasteiger partial charge < -0.3 is 9.84 Å². The monoisotopic (exact) mass is 344 g/mol. The highest BCUT2D eigenvalue weighted by Gasteiger charge is 2.37. The first-order chi connectivity index (χ1) is 12.8. The normalized spacial score (nSPS) is 12.5. The third kappa shape index (κ3) is 3.77. The van der Waals surface area contributed by atoms with Crippen LogP contribution >= 0.6 is 0 Å². The minimum atomic E-state index is -0.731. The van der Waals surface area contributed by atoms with Gasteiger partial charge in [-0.2, -0.15) is 0 Å². The van der Waals surface area contributed by atoms with Gasteiger partial charge >= 0.3 is 0 Å². The Kier molecular flexibility index (Phi) is 6.00. The van der Waals surface area contributed by atoms with E-state index in [1.54, 1.807) is 6.08 Å². The first-order valence-electron chi connectivity index (χ1n) is 8.88. The zero-order valence-electron chi connectivity index (χ0n) is 14.8. The second-order valence-electron chi connectivity index (χ2n) is 6.22. The van der Waals surface area contributed by atoms with Crippen LogP contribution in [0.2, 0.25) is 0 Å². The van der Waals surface area contributed by atoms with Crippen molar-refractivity contribution in [3.63, 3.8) is 0 Å². The summed E-state index contributed by atoms with van der Waals surface area (Å²) >= 11 is 0. The first kappa shape index (κ1) is 18.1. The van der Waals surface area contributed by atoms with Crippen molar-refractivity contribution >= 4 is 0 Å². The molecule has 2 heteroatoms. The SMILES string of the molecule is C=CC(O)CCOC(c1ccccc1)(c1ccccc1)c1ccccc1. The van der Waals surface area contributed by atoms with Crippen molar-refractivity contribution in [2.24, 2.45) is 0 Å². The topological polar surface area (TPSA) is 29.5 Å². The molecule has 132 valence electrons. The van der Waals surface area contributed by atoms with E-state index in [1.165, 1.54) is 0 Å². The highest BCUT2D eigenvalue weighted by Crippen LogP contribution is 2.40. The lowest BCUT2D eigenvalue weighted by molar-refractivity contribution is -0.0000308. The van der Waals surface area contributed by atoms with E-state index < -0.39 is 11.7 Å². The van der Waals surface area contributed by atoms with Crippen molar-refractivity contribution in [1.29, 1.82) is 0 Å². The number of hydrogen-bond acceptors (Lipinski definition) is 2. The van der Waals surface area contributed by atoms with Gasteiger partial charge in [-0.1, -0.05) is 97.1 Å². The summed E-state index contributed by atoms with van der Waals surface area (Å²) in [4.78, 5) is 0. The Hall–Kier alpha value is -2.68. The number of hydrogen-bond donors (Lipinski definition) is 1. The third-order valence-electron chi connectivity index (χ3n) is 4.55. The highest BCUT2D eigenvalue weighted by atomic mass is 16.5. The van der Waals surface area contributed by atoms with E-state index in [-0.39, 0.29) is 0 Å². The molecule has 0 spiro atoms. The molecular formula is C24H24O2. The molecule has 0 saturated heterocycles. The smallest absolute Gasteiger partial charge is 0.143 e. The summed E-state index contributed by atoms with van der Waals surface area (Å²) in [7, 11) is 0.